The van der Waals surface area contributed by atoms with Gasteiger partial charge in [-0.3, -0.25) is 0 Å². The number of unbranched alkanes of at least 4 members (excludes halogenated alkanes) is 8. The van der Waals surface area contributed by atoms with Gasteiger partial charge in [-0.2, -0.15) is 43.9 Å². The van der Waals surface area contributed by atoms with Crippen molar-refractivity contribution in [3.05, 3.63) is 0 Å². The van der Waals surface area contributed by atoms with Crippen molar-refractivity contribution in [2.24, 2.45) is 0 Å². The van der Waals surface area contributed by atoms with Crippen LogP contribution in [-0.4, -0.2) is 73.9 Å². The van der Waals surface area contributed by atoms with Gasteiger partial charge in [-0.05, 0) is 60.5 Å². The predicted octanol–water partition coefficient (Wildman–Crippen LogP) is 14.8. The third-order valence-corrected chi connectivity index (χ3v) is 19.8. The van der Waals surface area contributed by atoms with Crippen molar-refractivity contribution in [2.75, 3.05) is 49.3 Å². The smallest absolute Gasteiger partial charge is 0.495 e. The zero-order chi connectivity index (χ0) is 44.5. The molecule has 0 saturated carbocycles. The first-order chi connectivity index (χ1) is 25.8. The van der Waals surface area contributed by atoms with Crippen LogP contribution in [0.15, 0.2) is 0 Å². The molecular formula is C36H72F10O6P4+2. The van der Waals surface area contributed by atoms with Gasteiger partial charge in [0.05, 0.1) is 49.3 Å². The van der Waals surface area contributed by atoms with Gasteiger partial charge in [0.15, 0.2) is 0 Å². The molecular weight excluding hydrogens is 842 g/mol. The summed E-state index contributed by atoms with van der Waals surface area (Å²) in [7, 11) is -9.57. The lowest BCUT2D eigenvalue weighted by Gasteiger charge is -2.28. The fourth-order valence-electron chi connectivity index (χ4n) is 5.58. The number of rotatable bonds is 28. The van der Waals surface area contributed by atoms with Gasteiger partial charge in [0, 0.05) is 14.5 Å². The van der Waals surface area contributed by atoms with E-state index in [9.17, 15) is 62.8 Å². The van der Waals surface area contributed by atoms with Gasteiger partial charge in [0.2, 0.25) is 0 Å². The zero-order valence-electron chi connectivity index (χ0n) is 35.0. The molecule has 56 heavy (non-hydrogen) atoms. The highest BCUT2D eigenvalue weighted by Gasteiger charge is 2.64. The summed E-state index contributed by atoms with van der Waals surface area (Å²) in [4.78, 5) is 18.6. The second-order valence-electron chi connectivity index (χ2n) is 14.0. The summed E-state index contributed by atoms with van der Waals surface area (Å²) in [6, 6.07) is 0. The first-order valence-corrected chi connectivity index (χ1v) is 27.3. The second kappa shape index (κ2) is 34.9. The molecule has 0 amide bonds. The maximum Gasteiger partial charge on any atom is 0.495 e. The zero-order valence-corrected chi connectivity index (χ0v) is 38.6. The number of halogens is 10. The molecule has 0 aromatic carbocycles. The van der Waals surface area contributed by atoms with E-state index in [1.54, 1.807) is 49.3 Å². The van der Waals surface area contributed by atoms with E-state index in [1.165, 1.54) is 103 Å². The summed E-state index contributed by atoms with van der Waals surface area (Å²) in [5.41, 5.74) is 0. The molecule has 0 heterocycles. The van der Waals surface area contributed by atoms with E-state index in [-0.39, 0.29) is 0 Å². The van der Waals surface area contributed by atoms with Crippen LogP contribution in [0, 0.1) is 0 Å². The fourth-order valence-corrected chi connectivity index (χ4v) is 16.7. The SMILES string of the molecule is CCCC[P+](CCCC)(CCCC)CCCC.CCCC[P+](CCCC)(CCCC)CCCC.O=[P+]([O-])OC(F)(F)C(F)(F)F.O=[P+]([O-])OC(F)(F)C(F)(F)F. The van der Waals surface area contributed by atoms with Crippen molar-refractivity contribution in [1.82, 2.24) is 0 Å². The van der Waals surface area contributed by atoms with E-state index in [1.807, 2.05) is 0 Å². The topological polar surface area (TPSA) is 98.7 Å². The standard InChI is InChI=1S/2C16H36P.2C2F5O3P/c2*1-5-9-13-17(14-10-6-2,15-11-7-3)16-12-8-4;2*3-1(4,5)2(6,7)10-11(8)9/h2*5-16H2,1-4H3;;/q2*+1;;. The number of alkyl halides is 10. The van der Waals surface area contributed by atoms with Crippen LogP contribution >= 0.6 is 31.0 Å². The van der Waals surface area contributed by atoms with E-state index in [0.717, 1.165) is 0 Å². The molecule has 0 aromatic heterocycles. The maximum absolute atomic E-state index is 11.5. The summed E-state index contributed by atoms with van der Waals surface area (Å²) < 4.78 is 135. The molecule has 0 N–H and O–H groups in total. The lowest BCUT2D eigenvalue weighted by Crippen LogP contribution is -2.37. The summed E-state index contributed by atoms with van der Waals surface area (Å²) in [5, 5.41) is 0. The lowest BCUT2D eigenvalue weighted by molar-refractivity contribution is -0.371. The van der Waals surface area contributed by atoms with Crippen LogP contribution in [0.4, 0.5) is 43.9 Å². The van der Waals surface area contributed by atoms with Crippen LogP contribution in [0.3, 0.4) is 0 Å². The molecule has 0 fully saturated rings. The van der Waals surface area contributed by atoms with Crippen LogP contribution in [0.1, 0.15) is 158 Å². The summed E-state index contributed by atoms with van der Waals surface area (Å²) in [5.74, 6) is 0. The van der Waals surface area contributed by atoms with Gasteiger partial charge in [-0.15, -0.1) is 0 Å². The maximum atomic E-state index is 11.5. The summed E-state index contributed by atoms with van der Waals surface area (Å²) >= 11 is 0. The van der Waals surface area contributed by atoms with Crippen molar-refractivity contribution >= 4 is 31.0 Å². The third kappa shape index (κ3) is 33.0. The Bertz CT molecular complexity index is 813. The first-order valence-electron chi connectivity index (χ1n) is 20.1. The fraction of sp³-hybridized carbons (Fsp3) is 1.00. The Morgan fingerprint density at radius 3 is 0.589 bits per heavy atom. The molecule has 0 rings (SSSR count). The minimum absolute atomic E-state index is 0.562. The molecule has 0 aliphatic carbocycles. The van der Waals surface area contributed by atoms with Crippen LogP contribution in [0.5, 0.6) is 0 Å². The molecule has 0 spiro atoms. The van der Waals surface area contributed by atoms with Crippen LogP contribution in [-0.2, 0) is 18.2 Å². The monoisotopic (exact) mass is 914 g/mol. The molecule has 340 valence electrons. The van der Waals surface area contributed by atoms with E-state index >= 15 is 0 Å². The Balaban J connectivity index is -0.000000329. The Kier molecular flexibility index (Phi) is 39.1. The number of hydrogen-bond donors (Lipinski definition) is 0. The van der Waals surface area contributed by atoms with Crippen molar-refractivity contribution in [3.8, 4) is 0 Å². The van der Waals surface area contributed by atoms with Gasteiger partial charge in [0.25, 0.3) is 0 Å². The van der Waals surface area contributed by atoms with E-state index < -0.39 is 55.6 Å². The molecule has 0 bridgehead atoms. The second-order valence-corrected chi connectivity index (χ2v) is 24.2. The van der Waals surface area contributed by atoms with E-state index in [4.69, 9.17) is 0 Å². The molecule has 0 aromatic rings. The van der Waals surface area contributed by atoms with Crippen molar-refractivity contribution in [1.29, 1.82) is 0 Å². The van der Waals surface area contributed by atoms with Crippen LogP contribution < -0.4 is 9.79 Å². The van der Waals surface area contributed by atoms with Crippen molar-refractivity contribution in [3.63, 3.8) is 0 Å². The quantitative estimate of drug-likeness (QED) is 0.0573. The van der Waals surface area contributed by atoms with E-state index in [2.05, 4.69) is 64.4 Å². The minimum Gasteiger partial charge on any atom is -0.566 e. The largest absolute Gasteiger partial charge is 0.566 e. The average Bonchev–Trinajstić information content (AvgIpc) is 3.09. The highest BCUT2D eigenvalue weighted by Crippen LogP contribution is 2.62. The normalized spacial score (nSPS) is 13.1. The van der Waals surface area contributed by atoms with Gasteiger partial charge >= 0.3 is 41.1 Å². The summed E-state index contributed by atoms with van der Waals surface area (Å²) in [6.07, 6.45) is 12.6. The van der Waals surface area contributed by atoms with Crippen LogP contribution in [0.25, 0.3) is 0 Å². The van der Waals surface area contributed by atoms with E-state index in [0.29, 0.717) is 0 Å². The van der Waals surface area contributed by atoms with Gasteiger partial charge < -0.3 is 9.79 Å². The first kappa shape index (κ1) is 62.8. The Morgan fingerprint density at radius 1 is 0.375 bits per heavy atom. The average molecular weight is 915 g/mol. The third-order valence-electron chi connectivity index (χ3n) is 8.93. The molecule has 20 heteroatoms. The molecule has 2 unspecified atom stereocenters. The highest BCUT2D eigenvalue weighted by atomic mass is 31.2. The summed E-state index contributed by atoms with van der Waals surface area (Å²) in [6.45, 7) is 18.8. The Hall–Kier alpha value is 0.200. The van der Waals surface area contributed by atoms with Gasteiger partial charge in [0.1, 0.15) is 0 Å². The lowest BCUT2D eigenvalue weighted by atomic mass is 10.4. The Labute approximate surface area is 334 Å². The number of hydrogen-bond acceptors (Lipinski definition) is 6. The van der Waals surface area contributed by atoms with Gasteiger partial charge in [-0.1, -0.05) is 116 Å². The van der Waals surface area contributed by atoms with Crippen molar-refractivity contribution < 1.29 is 71.9 Å². The molecule has 2 atom stereocenters. The molecule has 0 aliphatic heterocycles. The highest BCUT2D eigenvalue weighted by molar-refractivity contribution is 7.76. The van der Waals surface area contributed by atoms with Gasteiger partial charge in [-0.25, -0.2) is 0 Å². The predicted molar refractivity (Wildman–Crippen MR) is 211 cm³/mol. The molecule has 0 radical (unpaired) electrons. The Morgan fingerprint density at radius 2 is 0.518 bits per heavy atom. The molecule has 0 saturated heterocycles. The minimum atomic E-state index is -6.01. The van der Waals surface area contributed by atoms with Crippen LogP contribution in [0.2, 0.25) is 0 Å². The molecule has 6 nitrogen and oxygen atoms in total. The van der Waals surface area contributed by atoms with Crippen molar-refractivity contribution in [2.45, 2.75) is 183 Å². The molecule has 0 aliphatic rings.